The number of ether oxygens (including phenoxy) is 2. The Hall–Kier alpha value is -4.48. The second kappa shape index (κ2) is 16.6. The van der Waals surface area contributed by atoms with E-state index in [2.05, 4.69) is 12.2 Å². The molecule has 4 aromatic rings. The summed E-state index contributed by atoms with van der Waals surface area (Å²) in [5, 5.41) is 30.9. The summed E-state index contributed by atoms with van der Waals surface area (Å²) in [5.41, 5.74) is 5.76. The van der Waals surface area contributed by atoms with E-state index in [-0.39, 0.29) is 49.0 Å². The molecule has 48 heavy (non-hydrogen) atoms. The van der Waals surface area contributed by atoms with Crippen molar-refractivity contribution in [3.05, 3.63) is 125 Å². The number of hydrogen-bond acceptors (Lipinski definition) is 7. The first-order valence-electron chi connectivity index (χ1n) is 15.9. The standard InChI is InChI=1S/C38H39NO8S/c1-24-32(23-48-33-9-3-2-8-31(33)37(44)45)46-38(47-36(24)28-14-12-25(22-40)13-15-28)29-18-16-27(17-19-29)30-7-4-6-26(20-30)21-39-34(41)10-5-11-35(42)43/h2-4,6-9,12-20,24,32,36,38,40H,5,10-11,21-23H2,1H3,(H,39,41)(H,42,43)(H,44,45)/t24-,32+,36+,38+/m1/s1. The van der Waals surface area contributed by atoms with Gasteiger partial charge in [-0.3, -0.25) is 9.59 Å². The highest BCUT2D eigenvalue weighted by molar-refractivity contribution is 7.99. The monoisotopic (exact) mass is 669 g/mol. The number of benzene rings is 4. The predicted octanol–water partition coefficient (Wildman–Crippen LogP) is 7.00. The van der Waals surface area contributed by atoms with Gasteiger partial charge in [-0.25, -0.2) is 4.79 Å². The van der Waals surface area contributed by atoms with E-state index in [1.165, 1.54) is 11.8 Å². The quantitative estimate of drug-likeness (QED) is 0.104. The maximum absolute atomic E-state index is 12.1. The van der Waals surface area contributed by atoms with E-state index in [0.29, 0.717) is 23.6 Å². The number of thioether (sulfide) groups is 1. The van der Waals surface area contributed by atoms with Crippen LogP contribution in [0.4, 0.5) is 0 Å². The lowest BCUT2D eigenvalue weighted by Gasteiger charge is -2.41. The highest BCUT2D eigenvalue weighted by Gasteiger charge is 2.38. The Labute approximate surface area is 283 Å². The molecule has 1 heterocycles. The summed E-state index contributed by atoms with van der Waals surface area (Å²) in [6.07, 6.45) is -0.784. The van der Waals surface area contributed by atoms with E-state index < -0.39 is 18.2 Å². The molecular weight excluding hydrogens is 630 g/mol. The molecule has 1 saturated heterocycles. The molecule has 5 rings (SSSR count). The molecule has 0 aromatic heterocycles. The van der Waals surface area contributed by atoms with Crippen LogP contribution in [0.25, 0.3) is 11.1 Å². The molecular formula is C38H39NO8S. The Balaban J connectivity index is 1.31. The van der Waals surface area contributed by atoms with E-state index in [0.717, 1.165) is 33.4 Å². The largest absolute Gasteiger partial charge is 0.481 e. The second-order valence-electron chi connectivity index (χ2n) is 11.8. The normalized spacial score (nSPS) is 19.0. The fraction of sp³-hybridized carbons (Fsp3) is 0.289. The number of carboxylic acids is 2. The first-order chi connectivity index (χ1) is 23.2. The zero-order valence-electron chi connectivity index (χ0n) is 26.6. The molecule has 0 aliphatic carbocycles. The first kappa shape index (κ1) is 34.8. The van der Waals surface area contributed by atoms with E-state index in [1.807, 2.05) is 84.9 Å². The number of rotatable bonds is 14. The molecule has 0 radical (unpaired) electrons. The third-order valence-electron chi connectivity index (χ3n) is 8.37. The van der Waals surface area contributed by atoms with Gasteiger partial charge in [-0.05, 0) is 52.4 Å². The van der Waals surface area contributed by atoms with Gasteiger partial charge in [0.25, 0.3) is 0 Å². The highest BCUT2D eigenvalue weighted by Crippen LogP contribution is 2.43. The van der Waals surface area contributed by atoms with Crippen LogP contribution in [0.1, 0.15) is 71.2 Å². The van der Waals surface area contributed by atoms with Crippen LogP contribution in [0.5, 0.6) is 0 Å². The highest BCUT2D eigenvalue weighted by atomic mass is 32.2. The molecule has 0 spiro atoms. The third-order valence-corrected chi connectivity index (χ3v) is 9.53. The van der Waals surface area contributed by atoms with Gasteiger partial charge < -0.3 is 30.1 Å². The van der Waals surface area contributed by atoms with Crippen molar-refractivity contribution in [1.82, 2.24) is 5.32 Å². The third kappa shape index (κ3) is 9.11. The Morgan fingerprint density at radius 3 is 2.23 bits per heavy atom. The Bertz CT molecular complexity index is 1710. The van der Waals surface area contributed by atoms with Crippen molar-refractivity contribution in [2.24, 2.45) is 5.92 Å². The summed E-state index contributed by atoms with van der Waals surface area (Å²) in [6.45, 7) is 2.37. The minimum absolute atomic E-state index is 0.0335. The summed E-state index contributed by atoms with van der Waals surface area (Å²) >= 11 is 1.45. The number of nitrogens with one attached hydrogen (secondary N) is 1. The van der Waals surface area contributed by atoms with Gasteiger partial charge in [0.1, 0.15) is 0 Å². The zero-order valence-corrected chi connectivity index (χ0v) is 27.4. The average molecular weight is 670 g/mol. The van der Waals surface area contributed by atoms with Gasteiger partial charge in [-0.15, -0.1) is 11.8 Å². The fourth-order valence-electron chi connectivity index (χ4n) is 5.63. The summed E-state index contributed by atoms with van der Waals surface area (Å²) in [5.74, 6) is -1.59. The number of aromatic carboxylic acids is 1. The van der Waals surface area contributed by atoms with Gasteiger partial charge in [-0.2, -0.15) is 0 Å². The van der Waals surface area contributed by atoms with Crippen LogP contribution in [0.3, 0.4) is 0 Å². The molecule has 0 bridgehead atoms. The number of amides is 1. The van der Waals surface area contributed by atoms with Gasteiger partial charge in [0, 0.05) is 41.5 Å². The maximum atomic E-state index is 12.1. The molecule has 0 unspecified atom stereocenters. The van der Waals surface area contributed by atoms with Crippen LogP contribution in [-0.2, 0) is 32.2 Å². The summed E-state index contributed by atoms with van der Waals surface area (Å²) in [6, 6.07) is 30.5. The molecule has 4 aromatic carbocycles. The van der Waals surface area contributed by atoms with Crippen LogP contribution in [0.15, 0.2) is 102 Å². The Kier molecular flexibility index (Phi) is 12.0. The van der Waals surface area contributed by atoms with Gasteiger partial charge >= 0.3 is 11.9 Å². The van der Waals surface area contributed by atoms with Gasteiger partial charge in [0.05, 0.1) is 24.4 Å². The summed E-state index contributed by atoms with van der Waals surface area (Å²) in [4.78, 5) is 35.3. The van der Waals surface area contributed by atoms with E-state index in [4.69, 9.17) is 14.6 Å². The van der Waals surface area contributed by atoms with Crippen molar-refractivity contribution in [3.63, 3.8) is 0 Å². The van der Waals surface area contributed by atoms with Crippen LogP contribution in [0, 0.1) is 5.92 Å². The molecule has 250 valence electrons. The lowest BCUT2D eigenvalue weighted by atomic mass is 9.91. The first-order valence-corrected chi connectivity index (χ1v) is 16.8. The zero-order chi connectivity index (χ0) is 34.0. The maximum Gasteiger partial charge on any atom is 0.336 e. The molecule has 1 amide bonds. The topological polar surface area (TPSA) is 142 Å². The average Bonchev–Trinajstić information content (AvgIpc) is 3.10. The molecule has 9 nitrogen and oxygen atoms in total. The lowest BCUT2D eigenvalue weighted by Crippen LogP contribution is -2.38. The minimum Gasteiger partial charge on any atom is -0.481 e. The molecule has 1 aliphatic heterocycles. The SMILES string of the molecule is C[C@@H]1[C@H](CSc2ccccc2C(=O)O)O[C@H](c2ccc(-c3cccc(CNC(=O)CCCC(=O)O)c3)cc2)O[C@@H]1c1ccc(CO)cc1. The molecule has 1 fully saturated rings. The van der Waals surface area contributed by atoms with Crippen LogP contribution in [-0.4, -0.2) is 45.0 Å². The van der Waals surface area contributed by atoms with Gasteiger partial charge in [-0.1, -0.05) is 85.8 Å². The number of hydrogen-bond donors (Lipinski definition) is 4. The van der Waals surface area contributed by atoms with Crippen molar-refractivity contribution in [2.75, 3.05) is 5.75 Å². The number of aliphatic carboxylic acids is 1. The van der Waals surface area contributed by atoms with Crippen LogP contribution < -0.4 is 5.32 Å². The van der Waals surface area contributed by atoms with Crippen molar-refractivity contribution in [2.45, 2.75) is 62.7 Å². The number of carboxylic acid groups (broad SMARTS) is 2. The lowest BCUT2D eigenvalue weighted by molar-refractivity contribution is -0.268. The smallest absolute Gasteiger partial charge is 0.336 e. The van der Waals surface area contributed by atoms with E-state index >= 15 is 0 Å². The number of aliphatic hydroxyl groups is 1. The molecule has 4 N–H and O–H groups in total. The number of carbonyl (C=O) groups excluding carboxylic acids is 1. The van der Waals surface area contributed by atoms with Gasteiger partial charge in [0.15, 0.2) is 6.29 Å². The molecule has 0 saturated carbocycles. The van der Waals surface area contributed by atoms with Crippen molar-refractivity contribution in [3.8, 4) is 11.1 Å². The Morgan fingerprint density at radius 2 is 1.52 bits per heavy atom. The van der Waals surface area contributed by atoms with Crippen LogP contribution >= 0.6 is 11.8 Å². The minimum atomic E-state index is -0.970. The Morgan fingerprint density at radius 1 is 0.792 bits per heavy atom. The van der Waals surface area contributed by atoms with E-state index in [1.54, 1.807) is 12.1 Å². The summed E-state index contributed by atoms with van der Waals surface area (Å²) in [7, 11) is 0. The summed E-state index contributed by atoms with van der Waals surface area (Å²) < 4.78 is 13.1. The molecule has 4 atom stereocenters. The molecule has 1 aliphatic rings. The fourth-order valence-corrected chi connectivity index (χ4v) is 6.85. The van der Waals surface area contributed by atoms with Gasteiger partial charge in [0.2, 0.25) is 5.91 Å². The van der Waals surface area contributed by atoms with Crippen molar-refractivity contribution in [1.29, 1.82) is 0 Å². The number of carbonyl (C=O) groups is 3. The van der Waals surface area contributed by atoms with Crippen molar-refractivity contribution >= 4 is 29.6 Å². The van der Waals surface area contributed by atoms with Crippen LogP contribution in [0.2, 0.25) is 0 Å². The van der Waals surface area contributed by atoms with E-state index in [9.17, 15) is 24.6 Å². The van der Waals surface area contributed by atoms with Crippen molar-refractivity contribution < 1.29 is 39.2 Å². The second-order valence-corrected chi connectivity index (χ2v) is 12.8. The predicted molar refractivity (Wildman–Crippen MR) is 182 cm³/mol. The molecule has 10 heteroatoms. The number of aliphatic hydroxyl groups excluding tert-OH is 1.